The van der Waals surface area contributed by atoms with Gasteiger partial charge in [0.1, 0.15) is 0 Å². The van der Waals surface area contributed by atoms with Gasteiger partial charge in [-0.1, -0.05) is 78.9 Å². The van der Waals surface area contributed by atoms with Crippen LogP contribution in [0.2, 0.25) is 0 Å². The van der Waals surface area contributed by atoms with E-state index in [1.165, 1.54) is 0 Å². The molecular weight excluding hydrogens is 320 g/mol. The van der Waals surface area contributed by atoms with Crippen molar-refractivity contribution in [2.24, 2.45) is 0 Å². The molecule has 0 spiro atoms. The van der Waals surface area contributed by atoms with Gasteiger partial charge in [-0.3, -0.25) is 9.59 Å². The number of carbonyl (C=O) groups excluding carboxylic acids is 2. The number of carbonyl (C=O) groups is 2. The molecule has 0 N–H and O–H groups in total. The van der Waals surface area contributed by atoms with Crippen LogP contribution in [0.25, 0.3) is 32.3 Å². The number of benzene rings is 5. The highest BCUT2D eigenvalue weighted by Crippen LogP contribution is 2.36. The molecular formula is C24H14O2. The fourth-order valence-corrected chi connectivity index (χ4v) is 3.78. The summed E-state index contributed by atoms with van der Waals surface area (Å²) in [7, 11) is 0. The van der Waals surface area contributed by atoms with Crippen molar-refractivity contribution in [2.45, 2.75) is 0 Å². The molecule has 0 aliphatic carbocycles. The zero-order chi connectivity index (χ0) is 17.7. The van der Waals surface area contributed by atoms with Crippen LogP contribution in [0.15, 0.2) is 84.9 Å². The summed E-state index contributed by atoms with van der Waals surface area (Å²) in [6, 6.07) is 26.7. The normalized spacial score (nSPS) is 11.4. The zero-order valence-electron chi connectivity index (χ0n) is 13.9. The SMILES string of the molecule is O=C(C(=O)c1ccc2ccc3cccc4ccc1c2c34)c1ccccc1. The molecule has 0 aliphatic rings. The fourth-order valence-electron chi connectivity index (χ4n) is 3.78. The molecule has 0 saturated heterocycles. The van der Waals surface area contributed by atoms with Crippen molar-refractivity contribution in [2.75, 3.05) is 0 Å². The predicted octanol–water partition coefficient (Wildman–Crippen LogP) is 5.65. The Morgan fingerprint density at radius 1 is 0.500 bits per heavy atom. The van der Waals surface area contributed by atoms with E-state index in [2.05, 4.69) is 24.3 Å². The molecule has 0 heterocycles. The number of ketones is 2. The number of Topliss-reactive ketones (excluding diaryl/α,β-unsaturated/α-hetero) is 2. The van der Waals surface area contributed by atoms with Crippen molar-refractivity contribution in [3.8, 4) is 0 Å². The van der Waals surface area contributed by atoms with Gasteiger partial charge in [0.15, 0.2) is 0 Å². The fraction of sp³-hybridized carbons (Fsp3) is 0. The summed E-state index contributed by atoms with van der Waals surface area (Å²) in [6.07, 6.45) is 0. The third kappa shape index (κ3) is 2.06. The molecule has 0 radical (unpaired) electrons. The second kappa shape index (κ2) is 5.50. The smallest absolute Gasteiger partial charge is 0.234 e. The molecule has 5 aromatic rings. The van der Waals surface area contributed by atoms with Crippen LogP contribution >= 0.6 is 0 Å². The Hall–Kier alpha value is -3.52. The van der Waals surface area contributed by atoms with E-state index in [0.29, 0.717) is 11.1 Å². The van der Waals surface area contributed by atoms with Crippen LogP contribution in [0.4, 0.5) is 0 Å². The first-order valence-electron chi connectivity index (χ1n) is 8.54. The summed E-state index contributed by atoms with van der Waals surface area (Å²) in [5.41, 5.74) is 0.882. The Morgan fingerprint density at radius 2 is 1.12 bits per heavy atom. The van der Waals surface area contributed by atoms with Gasteiger partial charge in [0, 0.05) is 11.1 Å². The average Bonchev–Trinajstić information content (AvgIpc) is 2.71. The maximum atomic E-state index is 12.9. The lowest BCUT2D eigenvalue weighted by Gasteiger charge is -2.13. The van der Waals surface area contributed by atoms with Gasteiger partial charge in [-0.15, -0.1) is 0 Å². The Kier molecular flexibility index (Phi) is 3.13. The molecule has 0 aromatic heterocycles. The van der Waals surface area contributed by atoms with Crippen molar-refractivity contribution in [3.05, 3.63) is 96.1 Å². The molecule has 0 bridgehead atoms. The molecule has 26 heavy (non-hydrogen) atoms. The molecule has 0 amide bonds. The molecule has 0 atom stereocenters. The van der Waals surface area contributed by atoms with Gasteiger partial charge < -0.3 is 0 Å². The van der Waals surface area contributed by atoms with Gasteiger partial charge in [0.05, 0.1) is 0 Å². The minimum Gasteiger partial charge on any atom is -0.285 e. The quantitative estimate of drug-likeness (QED) is 0.243. The van der Waals surface area contributed by atoms with E-state index in [4.69, 9.17) is 0 Å². The van der Waals surface area contributed by atoms with Gasteiger partial charge in [0.25, 0.3) is 0 Å². The van der Waals surface area contributed by atoms with Gasteiger partial charge in [-0.25, -0.2) is 0 Å². The number of hydrogen-bond acceptors (Lipinski definition) is 2. The standard InChI is InChI=1S/C24H14O2/c25-23(18-5-2-1-3-6-18)24(26)20-14-12-17-10-9-15-7-4-8-16-11-13-19(20)22(17)21(15)16/h1-14H. The maximum absolute atomic E-state index is 12.9. The third-order valence-electron chi connectivity index (χ3n) is 5.02. The molecule has 0 unspecified atom stereocenters. The Balaban J connectivity index is 1.78. The van der Waals surface area contributed by atoms with Crippen molar-refractivity contribution in [3.63, 3.8) is 0 Å². The summed E-state index contributed by atoms with van der Waals surface area (Å²) in [6.45, 7) is 0. The first-order valence-corrected chi connectivity index (χ1v) is 8.54. The summed E-state index contributed by atoms with van der Waals surface area (Å²) in [5, 5.41) is 6.38. The molecule has 0 aliphatic heterocycles. The monoisotopic (exact) mass is 334 g/mol. The first-order chi connectivity index (χ1) is 12.7. The lowest BCUT2D eigenvalue weighted by Crippen LogP contribution is -2.14. The molecule has 2 heteroatoms. The van der Waals surface area contributed by atoms with E-state index in [9.17, 15) is 9.59 Å². The Bertz CT molecular complexity index is 1280. The van der Waals surface area contributed by atoms with Crippen LogP contribution in [0.1, 0.15) is 20.7 Å². The van der Waals surface area contributed by atoms with E-state index in [1.54, 1.807) is 30.3 Å². The lowest BCUT2D eigenvalue weighted by molar-refractivity contribution is 0.0818. The lowest BCUT2D eigenvalue weighted by atomic mass is 9.89. The van der Waals surface area contributed by atoms with Crippen LogP contribution in [0.3, 0.4) is 0 Å². The minimum absolute atomic E-state index is 0.420. The molecule has 5 rings (SSSR count). The second-order valence-electron chi connectivity index (χ2n) is 6.49. The first kappa shape index (κ1) is 14.8. The van der Waals surface area contributed by atoms with Crippen LogP contribution in [-0.4, -0.2) is 11.6 Å². The van der Waals surface area contributed by atoms with Crippen LogP contribution in [0, 0.1) is 0 Å². The average molecular weight is 334 g/mol. The maximum Gasteiger partial charge on any atom is 0.234 e. The Morgan fingerprint density at radius 3 is 1.85 bits per heavy atom. The molecule has 122 valence electrons. The third-order valence-corrected chi connectivity index (χ3v) is 5.02. The van der Waals surface area contributed by atoms with Gasteiger partial charge in [0.2, 0.25) is 11.6 Å². The van der Waals surface area contributed by atoms with Gasteiger partial charge in [-0.2, -0.15) is 0 Å². The number of hydrogen-bond donors (Lipinski definition) is 0. The topological polar surface area (TPSA) is 34.1 Å². The zero-order valence-corrected chi connectivity index (χ0v) is 13.9. The highest BCUT2D eigenvalue weighted by Gasteiger charge is 2.21. The van der Waals surface area contributed by atoms with E-state index < -0.39 is 11.6 Å². The molecule has 0 saturated carbocycles. The molecule has 5 aromatic carbocycles. The summed E-state index contributed by atoms with van der Waals surface area (Å²) in [4.78, 5) is 25.6. The predicted molar refractivity (Wildman–Crippen MR) is 105 cm³/mol. The minimum atomic E-state index is -0.472. The van der Waals surface area contributed by atoms with Crippen molar-refractivity contribution < 1.29 is 9.59 Å². The highest BCUT2D eigenvalue weighted by molar-refractivity contribution is 6.51. The van der Waals surface area contributed by atoms with E-state index >= 15 is 0 Å². The van der Waals surface area contributed by atoms with Crippen molar-refractivity contribution in [1.29, 1.82) is 0 Å². The largest absolute Gasteiger partial charge is 0.285 e. The molecule has 2 nitrogen and oxygen atoms in total. The van der Waals surface area contributed by atoms with Crippen LogP contribution < -0.4 is 0 Å². The van der Waals surface area contributed by atoms with Gasteiger partial charge in [-0.05, 0) is 38.4 Å². The summed E-state index contributed by atoms with van der Waals surface area (Å²) >= 11 is 0. The van der Waals surface area contributed by atoms with Crippen molar-refractivity contribution in [1.82, 2.24) is 0 Å². The van der Waals surface area contributed by atoms with Crippen molar-refractivity contribution >= 4 is 43.9 Å². The van der Waals surface area contributed by atoms with Crippen LogP contribution in [-0.2, 0) is 0 Å². The summed E-state index contributed by atoms with van der Waals surface area (Å²) < 4.78 is 0. The second-order valence-corrected chi connectivity index (χ2v) is 6.49. The molecule has 0 fully saturated rings. The Labute approximate surface area is 150 Å². The van der Waals surface area contributed by atoms with E-state index in [1.807, 2.05) is 30.3 Å². The van der Waals surface area contributed by atoms with E-state index in [-0.39, 0.29) is 0 Å². The highest BCUT2D eigenvalue weighted by atomic mass is 16.2. The van der Waals surface area contributed by atoms with E-state index in [0.717, 1.165) is 32.3 Å². The van der Waals surface area contributed by atoms with Crippen LogP contribution in [0.5, 0.6) is 0 Å². The van der Waals surface area contributed by atoms with Gasteiger partial charge >= 0.3 is 0 Å². The number of rotatable bonds is 3. The summed E-state index contributed by atoms with van der Waals surface area (Å²) in [5.74, 6) is -0.935.